The maximum absolute atomic E-state index is 11.0. The van der Waals surface area contributed by atoms with Crippen LogP contribution in [0, 0.1) is 0 Å². The van der Waals surface area contributed by atoms with E-state index in [9.17, 15) is 5.11 Å². The molecule has 2 atom stereocenters. The summed E-state index contributed by atoms with van der Waals surface area (Å²) in [7, 11) is 0. The fraction of sp³-hybridized carbons (Fsp3) is 0.462. The van der Waals surface area contributed by atoms with Crippen LogP contribution >= 0.6 is 11.3 Å². The van der Waals surface area contributed by atoms with Crippen LogP contribution in [0.1, 0.15) is 42.3 Å². The highest BCUT2D eigenvalue weighted by Crippen LogP contribution is 2.46. The third-order valence-corrected chi connectivity index (χ3v) is 4.53. The first-order valence-electron chi connectivity index (χ1n) is 6.20. The Hall–Kier alpha value is -1.33. The second kappa shape index (κ2) is 4.74. The van der Waals surface area contributed by atoms with Gasteiger partial charge in [-0.3, -0.25) is 0 Å². The standard InChI is InChI=1S/C13H15N3OS/c17-13(11-5-3-7-15-16-11)6-2-1-4-10(13)12-14-8-9-18-12/h3,5,7-10,17H,1-2,4,6H2. The fourth-order valence-corrected chi connectivity index (χ4v) is 3.59. The summed E-state index contributed by atoms with van der Waals surface area (Å²) in [6.45, 7) is 0. The van der Waals surface area contributed by atoms with E-state index in [4.69, 9.17) is 0 Å². The van der Waals surface area contributed by atoms with Gasteiger partial charge >= 0.3 is 0 Å². The molecule has 0 radical (unpaired) electrons. The summed E-state index contributed by atoms with van der Waals surface area (Å²) in [5.74, 6) is 0.0444. The molecule has 1 aliphatic rings. The van der Waals surface area contributed by atoms with E-state index in [2.05, 4.69) is 15.2 Å². The normalized spacial score (nSPS) is 28.2. The van der Waals surface area contributed by atoms with Crippen LogP contribution in [0.15, 0.2) is 29.9 Å². The first-order valence-corrected chi connectivity index (χ1v) is 7.08. The Bertz CT molecular complexity index is 502. The Morgan fingerprint density at radius 2 is 2.28 bits per heavy atom. The molecule has 18 heavy (non-hydrogen) atoms. The van der Waals surface area contributed by atoms with Crippen molar-refractivity contribution >= 4 is 11.3 Å². The van der Waals surface area contributed by atoms with Crippen LogP contribution in [0.5, 0.6) is 0 Å². The molecule has 1 fully saturated rings. The van der Waals surface area contributed by atoms with Gasteiger partial charge in [0.25, 0.3) is 0 Å². The molecule has 4 nitrogen and oxygen atoms in total. The third kappa shape index (κ3) is 1.93. The largest absolute Gasteiger partial charge is 0.383 e. The maximum atomic E-state index is 11.0. The lowest BCUT2D eigenvalue weighted by molar-refractivity contribution is -0.0270. The Labute approximate surface area is 110 Å². The van der Waals surface area contributed by atoms with Crippen LogP contribution in [0.4, 0.5) is 0 Å². The van der Waals surface area contributed by atoms with Crippen LogP contribution in [0.3, 0.4) is 0 Å². The zero-order chi connectivity index (χ0) is 12.4. The van der Waals surface area contributed by atoms with Gasteiger partial charge in [0.05, 0.1) is 10.7 Å². The van der Waals surface area contributed by atoms with Crippen molar-refractivity contribution in [3.8, 4) is 0 Å². The lowest BCUT2D eigenvalue weighted by Crippen LogP contribution is -2.37. The lowest BCUT2D eigenvalue weighted by atomic mass is 9.73. The number of hydrogen-bond donors (Lipinski definition) is 1. The molecule has 2 unspecified atom stereocenters. The van der Waals surface area contributed by atoms with Gasteiger partial charge in [-0.25, -0.2) is 4.98 Å². The highest BCUT2D eigenvalue weighted by Gasteiger charge is 2.43. The zero-order valence-electron chi connectivity index (χ0n) is 9.99. The predicted molar refractivity (Wildman–Crippen MR) is 69.3 cm³/mol. The second-order valence-corrected chi connectivity index (χ2v) is 5.63. The molecule has 0 spiro atoms. The SMILES string of the molecule is OC1(c2cccnn2)CCCCC1c1nccs1. The van der Waals surface area contributed by atoms with Gasteiger partial charge in [0.2, 0.25) is 0 Å². The molecule has 0 aromatic carbocycles. The summed E-state index contributed by atoms with van der Waals surface area (Å²) in [5, 5.41) is 22.0. The van der Waals surface area contributed by atoms with E-state index in [-0.39, 0.29) is 5.92 Å². The number of nitrogens with zero attached hydrogens (tertiary/aromatic N) is 3. The third-order valence-electron chi connectivity index (χ3n) is 3.64. The fourth-order valence-electron chi connectivity index (χ4n) is 2.73. The number of aliphatic hydroxyl groups is 1. The number of rotatable bonds is 2. The summed E-state index contributed by atoms with van der Waals surface area (Å²) in [5.41, 5.74) is -0.241. The molecular weight excluding hydrogens is 246 g/mol. The van der Waals surface area contributed by atoms with Crippen molar-refractivity contribution < 1.29 is 5.11 Å². The topological polar surface area (TPSA) is 58.9 Å². The van der Waals surface area contributed by atoms with E-state index >= 15 is 0 Å². The molecule has 0 aliphatic heterocycles. The highest BCUT2D eigenvalue weighted by atomic mass is 32.1. The molecule has 5 heteroatoms. The van der Waals surface area contributed by atoms with Gasteiger partial charge in [0.1, 0.15) is 5.60 Å². The number of hydrogen-bond acceptors (Lipinski definition) is 5. The van der Waals surface area contributed by atoms with Crippen molar-refractivity contribution in [3.63, 3.8) is 0 Å². The van der Waals surface area contributed by atoms with E-state index in [1.807, 2.05) is 17.5 Å². The number of thiazole rings is 1. The van der Waals surface area contributed by atoms with Gasteiger partial charge in [-0.15, -0.1) is 11.3 Å². The summed E-state index contributed by atoms with van der Waals surface area (Å²) in [6, 6.07) is 3.69. The van der Waals surface area contributed by atoms with Gasteiger partial charge < -0.3 is 5.11 Å². The molecule has 0 saturated heterocycles. The molecule has 1 N–H and O–H groups in total. The van der Waals surface area contributed by atoms with Crippen molar-refractivity contribution in [1.29, 1.82) is 0 Å². The summed E-state index contributed by atoms with van der Waals surface area (Å²) in [4.78, 5) is 4.37. The van der Waals surface area contributed by atoms with E-state index < -0.39 is 5.60 Å². The van der Waals surface area contributed by atoms with E-state index in [0.717, 1.165) is 30.7 Å². The van der Waals surface area contributed by atoms with Crippen LogP contribution in [-0.4, -0.2) is 20.3 Å². The Kier molecular flexibility index (Phi) is 3.09. The minimum Gasteiger partial charge on any atom is -0.383 e. The van der Waals surface area contributed by atoms with Crippen molar-refractivity contribution in [1.82, 2.24) is 15.2 Å². The molecule has 2 aromatic heterocycles. The zero-order valence-corrected chi connectivity index (χ0v) is 10.8. The van der Waals surface area contributed by atoms with E-state index in [1.165, 1.54) is 0 Å². The first kappa shape index (κ1) is 11.7. The highest BCUT2D eigenvalue weighted by molar-refractivity contribution is 7.09. The monoisotopic (exact) mass is 261 g/mol. The van der Waals surface area contributed by atoms with Gasteiger partial charge in [-0.05, 0) is 25.0 Å². The number of aromatic nitrogens is 3. The minimum atomic E-state index is -0.912. The summed E-state index contributed by atoms with van der Waals surface area (Å²) >= 11 is 1.61. The van der Waals surface area contributed by atoms with Crippen LogP contribution in [0.25, 0.3) is 0 Å². The molecule has 3 rings (SSSR count). The minimum absolute atomic E-state index is 0.0444. The van der Waals surface area contributed by atoms with Crippen LogP contribution in [0.2, 0.25) is 0 Å². The molecule has 2 heterocycles. The Morgan fingerprint density at radius 1 is 1.33 bits per heavy atom. The molecule has 1 saturated carbocycles. The summed E-state index contributed by atoms with van der Waals surface area (Å²) < 4.78 is 0. The molecule has 0 bridgehead atoms. The molecule has 1 aliphatic carbocycles. The molecule has 94 valence electrons. The van der Waals surface area contributed by atoms with Gasteiger partial charge in [-0.2, -0.15) is 10.2 Å². The summed E-state index contributed by atoms with van der Waals surface area (Å²) in [6.07, 6.45) is 7.28. The molecule has 2 aromatic rings. The lowest BCUT2D eigenvalue weighted by Gasteiger charge is -2.38. The Balaban J connectivity index is 2.01. The van der Waals surface area contributed by atoms with Gasteiger partial charge in [0, 0.05) is 23.7 Å². The predicted octanol–water partition coefficient (Wildman–Crippen LogP) is 2.48. The molecular formula is C13H15N3OS. The van der Waals surface area contributed by atoms with Crippen LogP contribution in [-0.2, 0) is 5.60 Å². The van der Waals surface area contributed by atoms with Crippen molar-refractivity contribution in [2.45, 2.75) is 37.2 Å². The van der Waals surface area contributed by atoms with Crippen LogP contribution < -0.4 is 0 Å². The van der Waals surface area contributed by atoms with Crippen molar-refractivity contribution in [2.24, 2.45) is 0 Å². The van der Waals surface area contributed by atoms with Gasteiger partial charge in [-0.1, -0.05) is 12.8 Å². The van der Waals surface area contributed by atoms with E-state index in [1.54, 1.807) is 23.7 Å². The first-order chi connectivity index (χ1) is 8.81. The smallest absolute Gasteiger partial charge is 0.117 e. The van der Waals surface area contributed by atoms with Crippen molar-refractivity contribution in [3.05, 3.63) is 40.6 Å². The second-order valence-electron chi connectivity index (χ2n) is 4.70. The quantitative estimate of drug-likeness (QED) is 0.902. The Morgan fingerprint density at radius 3 is 3.00 bits per heavy atom. The van der Waals surface area contributed by atoms with E-state index in [0.29, 0.717) is 5.69 Å². The van der Waals surface area contributed by atoms with Gasteiger partial charge in [0.15, 0.2) is 0 Å². The van der Waals surface area contributed by atoms with Crippen molar-refractivity contribution in [2.75, 3.05) is 0 Å². The molecule has 0 amide bonds. The maximum Gasteiger partial charge on any atom is 0.117 e. The average molecular weight is 261 g/mol. The average Bonchev–Trinajstić information content (AvgIpc) is 2.94.